The zero-order valence-corrected chi connectivity index (χ0v) is 17.9. The summed E-state index contributed by atoms with van der Waals surface area (Å²) in [6, 6.07) is 7.17. The van der Waals surface area contributed by atoms with Crippen LogP contribution in [0.4, 0.5) is 13.2 Å². The highest BCUT2D eigenvalue weighted by atomic mass is 19.4. The molecule has 1 aromatic carbocycles. The quantitative estimate of drug-likeness (QED) is 0.452. The highest BCUT2D eigenvalue weighted by Crippen LogP contribution is 2.27. The number of hydrogen-bond donors (Lipinski definition) is 2. The fraction of sp³-hybridized carbons (Fsp3) is 0.286. The van der Waals surface area contributed by atoms with E-state index >= 15 is 0 Å². The Hall–Kier alpha value is -3.96. The predicted octanol–water partition coefficient (Wildman–Crippen LogP) is 3.21. The van der Waals surface area contributed by atoms with Crippen molar-refractivity contribution in [3.05, 3.63) is 58.4 Å². The second-order valence-corrected chi connectivity index (χ2v) is 7.46. The number of aryl methyl sites for hydroxylation is 3. The van der Waals surface area contributed by atoms with Crippen molar-refractivity contribution in [3.63, 3.8) is 0 Å². The lowest BCUT2D eigenvalue weighted by Gasteiger charge is -2.11. The molecule has 12 heteroatoms. The van der Waals surface area contributed by atoms with Crippen molar-refractivity contribution >= 4 is 28.6 Å². The number of rotatable bonds is 4. The van der Waals surface area contributed by atoms with Gasteiger partial charge in [-0.15, -0.1) is 5.10 Å². The van der Waals surface area contributed by atoms with Gasteiger partial charge in [0.2, 0.25) is 5.91 Å². The molecule has 0 spiro atoms. The molecule has 3 heterocycles. The second-order valence-electron chi connectivity index (χ2n) is 7.46. The number of para-hydroxylation sites is 1. The van der Waals surface area contributed by atoms with Gasteiger partial charge in [-0.05, 0) is 38.8 Å². The molecule has 0 atom stereocenters. The van der Waals surface area contributed by atoms with E-state index in [0.717, 1.165) is 9.90 Å². The molecule has 0 saturated heterocycles. The first kappa shape index (κ1) is 22.2. The Morgan fingerprint density at radius 1 is 1.09 bits per heavy atom. The van der Waals surface area contributed by atoms with E-state index < -0.39 is 23.8 Å². The van der Waals surface area contributed by atoms with Crippen molar-refractivity contribution in [2.45, 2.75) is 39.8 Å². The van der Waals surface area contributed by atoms with Crippen molar-refractivity contribution in [1.29, 1.82) is 0 Å². The van der Waals surface area contributed by atoms with Crippen molar-refractivity contribution in [2.75, 3.05) is 0 Å². The van der Waals surface area contributed by atoms with Gasteiger partial charge in [-0.2, -0.15) is 18.2 Å². The summed E-state index contributed by atoms with van der Waals surface area (Å²) in [7, 11) is 0. The molecule has 3 aromatic heterocycles. The SMILES string of the molecule is Cc1nc2nc(C(F)(F)F)nn2c(C)c1CCC(=O)NNC(=O)c1oc2ccccc2c1C. The number of fused-ring (bicyclic) bond motifs is 2. The van der Waals surface area contributed by atoms with Gasteiger partial charge in [-0.3, -0.25) is 20.4 Å². The van der Waals surface area contributed by atoms with E-state index in [1.165, 1.54) is 0 Å². The zero-order chi connectivity index (χ0) is 23.9. The molecule has 0 unspecified atom stereocenters. The number of benzene rings is 1. The average Bonchev–Trinajstić information content (AvgIpc) is 3.34. The topological polar surface area (TPSA) is 114 Å². The molecule has 33 heavy (non-hydrogen) atoms. The fourth-order valence-electron chi connectivity index (χ4n) is 3.57. The minimum Gasteiger partial charge on any atom is -0.451 e. The van der Waals surface area contributed by atoms with E-state index in [1.54, 1.807) is 32.9 Å². The normalized spacial score (nSPS) is 11.8. The number of hydrazine groups is 1. The first-order valence-corrected chi connectivity index (χ1v) is 9.93. The Balaban J connectivity index is 1.42. The van der Waals surface area contributed by atoms with Crippen LogP contribution in [0.5, 0.6) is 0 Å². The predicted molar refractivity (Wildman–Crippen MR) is 110 cm³/mol. The van der Waals surface area contributed by atoms with E-state index in [4.69, 9.17) is 4.42 Å². The first-order valence-electron chi connectivity index (χ1n) is 9.93. The molecule has 2 N–H and O–H groups in total. The third-order valence-corrected chi connectivity index (χ3v) is 5.27. The van der Waals surface area contributed by atoms with Crippen molar-refractivity contribution in [2.24, 2.45) is 0 Å². The van der Waals surface area contributed by atoms with Crippen molar-refractivity contribution < 1.29 is 27.2 Å². The van der Waals surface area contributed by atoms with Gasteiger partial charge in [0.25, 0.3) is 11.6 Å². The second kappa shape index (κ2) is 8.19. The van der Waals surface area contributed by atoms with Gasteiger partial charge < -0.3 is 4.42 Å². The fourth-order valence-corrected chi connectivity index (χ4v) is 3.57. The number of carbonyl (C=O) groups excluding carboxylic acids is 2. The molecule has 0 fully saturated rings. The van der Waals surface area contributed by atoms with Crippen LogP contribution in [0.1, 0.15) is 45.3 Å². The summed E-state index contributed by atoms with van der Waals surface area (Å²) in [5.41, 5.74) is 7.24. The van der Waals surface area contributed by atoms with Crippen molar-refractivity contribution in [1.82, 2.24) is 30.4 Å². The largest absolute Gasteiger partial charge is 0.453 e. The lowest BCUT2D eigenvalue weighted by atomic mass is 10.1. The zero-order valence-electron chi connectivity index (χ0n) is 17.9. The van der Waals surface area contributed by atoms with Gasteiger partial charge in [0.15, 0.2) is 5.76 Å². The standard InChI is InChI=1S/C21H19F3N6O3/c1-10-13-6-4-5-7-15(13)33-17(10)18(32)28-27-16(31)9-8-14-11(2)25-20-26-19(21(22,23)24)29-30(20)12(14)3/h4-7H,8-9H2,1-3H3,(H,27,31)(H,28,32). The maximum absolute atomic E-state index is 12.9. The molecule has 0 saturated carbocycles. The number of amides is 2. The average molecular weight is 460 g/mol. The van der Waals surface area contributed by atoms with Crippen LogP contribution in [-0.2, 0) is 17.4 Å². The van der Waals surface area contributed by atoms with Gasteiger partial charge >= 0.3 is 12.1 Å². The highest BCUT2D eigenvalue weighted by molar-refractivity contribution is 5.99. The lowest BCUT2D eigenvalue weighted by Crippen LogP contribution is -2.41. The van der Waals surface area contributed by atoms with Gasteiger partial charge in [0.1, 0.15) is 5.58 Å². The molecule has 172 valence electrons. The van der Waals surface area contributed by atoms with E-state index in [2.05, 4.69) is 25.9 Å². The molecule has 4 rings (SSSR count). The molecule has 0 aliphatic heterocycles. The Labute approximate surface area is 185 Å². The van der Waals surface area contributed by atoms with Crippen LogP contribution in [0, 0.1) is 20.8 Å². The van der Waals surface area contributed by atoms with Crippen LogP contribution in [0.25, 0.3) is 16.7 Å². The molecule has 4 aromatic rings. The number of hydrogen-bond acceptors (Lipinski definition) is 6. The molecule has 0 radical (unpaired) electrons. The molecular weight excluding hydrogens is 441 g/mol. The third kappa shape index (κ3) is 4.23. The van der Waals surface area contributed by atoms with Gasteiger partial charge in [0.05, 0.1) is 0 Å². The minimum absolute atomic E-state index is 0.0465. The van der Waals surface area contributed by atoms with Gasteiger partial charge in [-0.25, -0.2) is 9.50 Å². The Bertz CT molecular complexity index is 1390. The number of aromatic nitrogens is 4. The van der Waals surface area contributed by atoms with Crippen LogP contribution in [0.3, 0.4) is 0 Å². The highest BCUT2D eigenvalue weighted by Gasteiger charge is 2.37. The van der Waals surface area contributed by atoms with Crippen LogP contribution in [-0.4, -0.2) is 31.4 Å². The van der Waals surface area contributed by atoms with E-state index in [1.807, 2.05) is 12.1 Å². The van der Waals surface area contributed by atoms with Crippen LogP contribution in [0.2, 0.25) is 0 Å². The number of nitrogens with one attached hydrogen (secondary N) is 2. The smallest absolute Gasteiger partial charge is 0.451 e. The monoisotopic (exact) mass is 460 g/mol. The number of alkyl halides is 3. The molecule has 0 bridgehead atoms. The molecule has 0 aliphatic rings. The van der Waals surface area contributed by atoms with Crippen molar-refractivity contribution in [3.8, 4) is 0 Å². The number of furan rings is 1. The van der Waals surface area contributed by atoms with Crippen LogP contribution >= 0.6 is 0 Å². The Morgan fingerprint density at radius 2 is 1.82 bits per heavy atom. The Kier molecular flexibility index (Phi) is 5.52. The van der Waals surface area contributed by atoms with Crippen LogP contribution in [0.15, 0.2) is 28.7 Å². The van der Waals surface area contributed by atoms with Gasteiger partial charge in [-0.1, -0.05) is 18.2 Å². The van der Waals surface area contributed by atoms with Gasteiger partial charge in [0, 0.05) is 28.8 Å². The summed E-state index contributed by atoms with van der Waals surface area (Å²) in [5.74, 6) is -2.46. The molecule has 2 amide bonds. The summed E-state index contributed by atoms with van der Waals surface area (Å²) in [5, 5.41) is 4.28. The lowest BCUT2D eigenvalue weighted by molar-refractivity contribution is -0.144. The maximum Gasteiger partial charge on any atom is 0.453 e. The van der Waals surface area contributed by atoms with E-state index in [0.29, 0.717) is 28.1 Å². The Morgan fingerprint density at radius 3 is 2.52 bits per heavy atom. The summed E-state index contributed by atoms with van der Waals surface area (Å²) in [6.45, 7) is 4.94. The van der Waals surface area contributed by atoms with Crippen LogP contribution < -0.4 is 10.9 Å². The summed E-state index contributed by atoms with van der Waals surface area (Å²) in [4.78, 5) is 32.2. The maximum atomic E-state index is 12.9. The number of carbonyl (C=O) groups is 2. The number of nitrogens with zero attached hydrogens (tertiary/aromatic N) is 4. The van der Waals surface area contributed by atoms with E-state index in [9.17, 15) is 22.8 Å². The molecular formula is C21H19F3N6O3. The van der Waals surface area contributed by atoms with E-state index in [-0.39, 0.29) is 24.4 Å². The first-order chi connectivity index (χ1) is 15.6. The summed E-state index contributed by atoms with van der Waals surface area (Å²) in [6.07, 6.45) is -4.56. The number of halogens is 3. The summed E-state index contributed by atoms with van der Waals surface area (Å²) >= 11 is 0. The molecule has 0 aliphatic carbocycles. The molecule has 9 nitrogen and oxygen atoms in total. The summed E-state index contributed by atoms with van der Waals surface area (Å²) < 4.78 is 45.3. The minimum atomic E-state index is -4.69. The third-order valence-electron chi connectivity index (χ3n) is 5.27.